The molecule has 0 unspecified atom stereocenters. The predicted molar refractivity (Wildman–Crippen MR) is 90.7 cm³/mol. The van der Waals surface area contributed by atoms with Crippen LogP contribution in [0.25, 0.3) is 10.2 Å². The molecule has 3 heterocycles. The Bertz CT molecular complexity index is 897. The molecule has 1 aliphatic heterocycles. The zero-order valence-corrected chi connectivity index (χ0v) is 14.3. The molecule has 4 rings (SSSR count). The fraction of sp³-hybridized carbons (Fsp3) is 0.467. The standard InChI is InChI=1S/C15H15N3O3S2/c1-2-21-14(20)9-7-22-15-16-12-11(13(19)18(15)17-9)8-5-3-4-6-10(8)23-12/h2-7H2,1H3. The first-order valence-corrected chi connectivity index (χ1v) is 9.44. The molecule has 2 aromatic heterocycles. The van der Waals surface area contributed by atoms with Gasteiger partial charge < -0.3 is 4.74 Å². The van der Waals surface area contributed by atoms with Gasteiger partial charge in [0.15, 0.2) is 10.9 Å². The monoisotopic (exact) mass is 349 g/mol. The summed E-state index contributed by atoms with van der Waals surface area (Å²) in [5, 5.41) is 5.44. The van der Waals surface area contributed by atoms with Gasteiger partial charge in [0.25, 0.3) is 5.56 Å². The zero-order valence-electron chi connectivity index (χ0n) is 12.6. The first kappa shape index (κ1) is 14.9. The lowest BCUT2D eigenvalue weighted by atomic mass is 9.97. The van der Waals surface area contributed by atoms with Crippen LogP contribution in [0.5, 0.6) is 0 Å². The fourth-order valence-electron chi connectivity index (χ4n) is 2.96. The summed E-state index contributed by atoms with van der Waals surface area (Å²) < 4.78 is 6.25. The summed E-state index contributed by atoms with van der Waals surface area (Å²) in [4.78, 5) is 31.4. The number of thiophene rings is 1. The molecule has 0 spiro atoms. The van der Waals surface area contributed by atoms with Crippen LogP contribution in [0.1, 0.15) is 30.2 Å². The Hall–Kier alpha value is -1.67. The minimum Gasteiger partial charge on any atom is -0.461 e. The third-order valence-electron chi connectivity index (χ3n) is 4.01. The molecule has 2 aliphatic rings. The molecule has 0 bridgehead atoms. The van der Waals surface area contributed by atoms with E-state index in [0.717, 1.165) is 29.7 Å². The van der Waals surface area contributed by atoms with Gasteiger partial charge in [-0.25, -0.2) is 9.78 Å². The first-order valence-electron chi connectivity index (χ1n) is 7.64. The third kappa shape index (κ3) is 2.40. The number of aromatic nitrogens is 2. The fourth-order valence-corrected chi connectivity index (χ4v) is 5.11. The molecule has 6 nitrogen and oxygen atoms in total. The molecule has 0 atom stereocenters. The van der Waals surface area contributed by atoms with E-state index in [-0.39, 0.29) is 11.3 Å². The number of hydrogen-bond acceptors (Lipinski definition) is 7. The normalized spacial score (nSPS) is 16.7. The van der Waals surface area contributed by atoms with Crippen molar-refractivity contribution in [3.8, 4) is 0 Å². The van der Waals surface area contributed by atoms with Gasteiger partial charge in [0.2, 0.25) is 0 Å². The van der Waals surface area contributed by atoms with E-state index in [1.54, 1.807) is 18.3 Å². The highest BCUT2D eigenvalue weighted by atomic mass is 32.2. The van der Waals surface area contributed by atoms with Crippen molar-refractivity contribution in [1.29, 1.82) is 0 Å². The van der Waals surface area contributed by atoms with Gasteiger partial charge in [-0.2, -0.15) is 9.78 Å². The number of esters is 1. The molecule has 0 amide bonds. The average molecular weight is 349 g/mol. The molecule has 2 aromatic rings. The van der Waals surface area contributed by atoms with E-state index in [1.165, 1.54) is 27.7 Å². The highest BCUT2D eigenvalue weighted by Gasteiger charge is 2.26. The van der Waals surface area contributed by atoms with Crippen molar-refractivity contribution in [2.24, 2.45) is 5.10 Å². The third-order valence-corrected chi connectivity index (χ3v) is 6.13. The van der Waals surface area contributed by atoms with E-state index in [4.69, 9.17) is 4.74 Å². The summed E-state index contributed by atoms with van der Waals surface area (Å²) >= 11 is 2.98. The second-order valence-electron chi connectivity index (χ2n) is 5.46. The van der Waals surface area contributed by atoms with Crippen LogP contribution in [0.15, 0.2) is 15.1 Å². The molecule has 0 saturated heterocycles. The summed E-state index contributed by atoms with van der Waals surface area (Å²) in [6, 6.07) is 0. The van der Waals surface area contributed by atoms with Gasteiger partial charge >= 0.3 is 5.97 Å². The van der Waals surface area contributed by atoms with Crippen LogP contribution in [-0.2, 0) is 22.4 Å². The lowest BCUT2D eigenvalue weighted by molar-refractivity contribution is -0.135. The van der Waals surface area contributed by atoms with Crippen molar-refractivity contribution in [3.63, 3.8) is 0 Å². The first-order chi connectivity index (χ1) is 11.2. The molecule has 0 N–H and O–H groups in total. The van der Waals surface area contributed by atoms with Gasteiger partial charge in [-0.15, -0.1) is 11.3 Å². The van der Waals surface area contributed by atoms with Crippen LogP contribution in [0.3, 0.4) is 0 Å². The number of fused-ring (bicyclic) bond motifs is 4. The number of thioether (sulfide) groups is 1. The van der Waals surface area contributed by atoms with Crippen molar-refractivity contribution < 1.29 is 9.53 Å². The second kappa shape index (κ2) is 5.76. The van der Waals surface area contributed by atoms with E-state index in [0.29, 0.717) is 22.9 Å². The lowest BCUT2D eigenvalue weighted by Gasteiger charge is -2.15. The van der Waals surface area contributed by atoms with Crippen molar-refractivity contribution in [1.82, 2.24) is 9.66 Å². The van der Waals surface area contributed by atoms with E-state index in [2.05, 4.69) is 10.1 Å². The maximum Gasteiger partial charge on any atom is 0.355 e. The Labute approximate surface area is 140 Å². The smallest absolute Gasteiger partial charge is 0.355 e. The van der Waals surface area contributed by atoms with Crippen molar-refractivity contribution >= 4 is 45.0 Å². The topological polar surface area (TPSA) is 73.5 Å². The lowest BCUT2D eigenvalue weighted by Crippen LogP contribution is -2.30. The number of ether oxygens (including phenoxy) is 1. The molecular formula is C15H15N3O3S2. The molecular weight excluding hydrogens is 334 g/mol. The van der Waals surface area contributed by atoms with E-state index >= 15 is 0 Å². The molecule has 120 valence electrons. The molecule has 0 saturated carbocycles. The van der Waals surface area contributed by atoms with Crippen LogP contribution >= 0.6 is 23.1 Å². The maximum atomic E-state index is 12.9. The van der Waals surface area contributed by atoms with Crippen molar-refractivity contribution in [2.75, 3.05) is 12.4 Å². The number of aryl methyl sites for hydroxylation is 2. The van der Waals surface area contributed by atoms with Crippen LogP contribution in [-0.4, -0.2) is 33.7 Å². The minimum absolute atomic E-state index is 0.168. The Morgan fingerprint density at radius 2 is 2.17 bits per heavy atom. The number of carbonyl (C=O) groups is 1. The highest BCUT2D eigenvalue weighted by molar-refractivity contribution is 8.00. The van der Waals surface area contributed by atoms with E-state index in [1.807, 2.05) is 0 Å². The largest absolute Gasteiger partial charge is 0.461 e. The number of carbonyl (C=O) groups excluding carboxylic acids is 1. The van der Waals surface area contributed by atoms with Crippen molar-refractivity contribution in [3.05, 3.63) is 20.8 Å². The van der Waals surface area contributed by atoms with Gasteiger partial charge in [0.1, 0.15) is 4.83 Å². The van der Waals surface area contributed by atoms with Crippen LogP contribution in [0, 0.1) is 0 Å². The average Bonchev–Trinajstić information content (AvgIpc) is 2.93. The molecule has 1 aliphatic carbocycles. The Balaban J connectivity index is 1.89. The van der Waals surface area contributed by atoms with Gasteiger partial charge in [-0.3, -0.25) is 4.79 Å². The molecule has 0 fully saturated rings. The maximum absolute atomic E-state index is 12.9. The molecule has 23 heavy (non-hydrogen) atoms. The van der Waals surface area contributed by atoms with Gasteiger partial charge in [0.05, 0.1) is 17.7 Å². The van der Waals surface area contributed by atoms with Crippen molar-refractivity contribution in [2.45, 2.75) is 37.8 Å². The summed E-state index contributed by atoms with van der Waals surface area (Å²) in [5.41, 5.74) is 1.22. The number of nitrogens with zero attached hydrogens (tertiary/aromatic N) is 3. The summed E-state index contributed by atoms with van der Waals surface area (Å²) in [7, 11) is 0. The summed E-state index contributed by atoms with van der Waals surface area (Å²) in [6.07, 6.45) is 4.22. The van der Waals surface area contributed by atoms with Gasteiger partial charge in [-0.1, -0.05) is 11.8 Å². The minimum atomic E-state index is -0.468. The van der Waals surface area contributed by atoms with Crippen LogP contribution in [0.4, 0.5) is 0 Å². The van der Waals surface area contributed by atoms with Gasteiger partial charge in [-0.05, 0) is 38.2 Å². The van der Waals surface area contributed by atoms with Crippen LogP contribution in [0.2, 0.25) is 0 Å². The zero-order chi connectivity index (χ0) is 16.0. The second-order valence-corrected chi connectivity index (χ2v) is 7.48. The Kier molecular flexibility index (Phi) is 3.73. The Morgan fingerprint density at radius 3 is 3.00 bits per heavy atom. The van der Waals surface area contributed by atoms with Gasteiger partial charge in [0, 0.05) is 4.88 Å². The van der Waals surface area contributed by atoms with Crippen LogP contribution < -0.4 is 5.56 Å². The molecule has 0 radical (unpaired) electrons. The molecule has 8 heteroatoms. The van der Waals surface area contributed by atoms with E-state index in [9.17, 15) is 9.59 Å². The highest BCUT2D eigenvalue weighted by Crippen LogP contribution is 2.35. The number of rotatable bonds is 2. The quantitative estimate of drug-likeness (QED) is 0.614. The number of hydrogen-bond donors (Lipinski definition) is 0. The summed E-state index contributed by atoms with van der Waals surface area (Å²) in [5.74, 6) is -0.0907. The van der Waals surface area contributed by atoms with E-state index < -0.39 is 5.97 Å². The molecule has 0 aromatic carbocycles. The SMILES string of the molecule is CCOC(=O)C1=Nn2c(nc3sc4c(c3c2=O)CCCC4)SC1. The predicted octanol–water partition coefficient (Wildman–Crippen LogP) is 2.21. The Morgan fingerprint density at radius 1 is 1.35 bits per heavy atom. The summed E-state index contributed by atoms with van der Waals surface area (Å²) in [6.45, 7) is 2.04.